The summed E-state index contributed by atoms with van der Waals surface area (Å²) in [6, 6.07) is 0.410. The van der Waals surface area contributed by atoms with Gasteiger partial charge < -0.3 is 10.6 Å². The van der Waals surface area contributed by atoms with Gasteiger partial charge in [-0.15, -0.1) is 0 Å². The minimum atomic E-state index is 0.410. The quantitative estimate of drug-likeness (QED) is 0.817. The second-order valence-electron chi connectivity index (χ2n) is 4.07. The minimum Gasteiger partial charge on any atom is -0.373 e. The first-order valence-electron chi connectivity index (χ1n) is 5.93. The van der Waals surface area contributed by atoms with Crippen LogP contribution >= 0.6 is 11.8 Å². The third kappa shape index (κ3) is 3.77. The summed E-state index contributed by atoms with van der Waals surface area (Å²) in [5.74, 6) is 3.80. The molecule has 0 fully saturated rings. The summed E-state index contributed by atoms with van der Waals surface area (Å²) in [5, 5.41) is 6.57. The van der Waals surface area contributed by atoms with E-state index in [0.29, 0.717) is 6.04 Å². The Hall–Kier alpha value is -0.970. The van der Waals surface area contributed by atoms with Crippen molar-refractivity contribution in [1.82, 2.24) is 9.97 Å². The highest BCUT2D eigenvalue weighted by atomic mass is 32.2. The van der Waals surface area contributed by atoms with Crippen LogP contribution in [-0.4, -0.2) is 35.1 Å². The van der Waals surface area contributed by atoms with Gasteiger partial charge in [-0.1, -0.05) is 6.92 Å². The Labute approximate surface area is 108 Å². The van der Waals surface area contributed by atoms with Crippen molar-refractivity contribution < 1.29 is 0 Å². The van der Waals surface area contributed by atoms with Gasteiger partial charge in [0.2, 0.25) is 0 Å². The fraction of sp³-hybridized carbons (Fsp3) is 0.667. The third-order valence-corrected chi connectivity index (χ3v) is 3.38. The van der Waals surface area contributed by atoms with Crippen LogP contribution in [0.5, 0.6) is 0 Å². The lowest BCUT2D eigenvalue weighted by Crippen LogP contribution is -2.20. The zero-order valence-corrected chi connectivity index (χ0v) is 12.1. The van der Waals surface area contributed by atoms with Crippen LogP contribution in [0.2, 0.25) is 0 Å². The fourth-order valence-corrected chi connectivity index (χ4v) is 2.21. The molecule has 1 unspecified atom stereocenters. The lowest BCUT2D eigenvalue weighted by atomic mass is 10.2. The number of aryl methyl sites for hydroxylation is 1. The van der Waals surface area contributed by atoms with E-state index in [4.69, 9.17) is 0 Å². The molecule has 0 amide bonds. The smallest absolute Gasteiger partial charge is 0.135 e. The molecule has 2 N–H and O–H groups in total. The van der Waals surface area contributed by atoms with Crippen LogP contribution in [0.4, 0.5) is 11.6 Å². The van der Waals surface area contributed by atoms with E-state index >= 15 is 0 Å². The number of nitrogens with one attached hydrogen (secondary N) is 2. The van der Waals surface area contributed by atoms with Gasteiger partial charge in [0, 0.05) is 30.8 Å². The summed E-state index contributed by atoms with van der Waals surface area (Å²) >= 11 is 1.83. The van der Waals surface area contributed by atoms with Crippen molar-refractivity contribution in [3.63, 3.8) is 0 Å². The van der Waals surface area contributed by atoms with Crippen molar-refractivity contribution in [2.75, 3.05) is 29.7 Å². The Balaban J connectivity index is 2.96. The van der Waals surface area contributed by atoms with Crippen molar-refractivity contribution in [1.29, 1.82) is 0 Å². The molecule has 5 heteroatoms. The molecule has 1 aromatic rings. The largest absolute Gasteiger partial charge is 0.373 e. The number of hydrogen-bond acceptors (Lipinski definition) is 5. The molecule has 1 atom stereocenters. The van der Waals surface area contributed by atoms with E-state index in [9.17, 15) is 0 Å². The molecule has 0 aliphatic heterocycles. The van der Waals surface area contributed by atoms with E-state index in [1.54, 1.807) is 0 Å². The van der Waals surface area contributed by atoms with Crippen LogP contribution in [0, 0.1) is 6.92 Å². The van der Waals surface area contributed by atoms with Crippen LogP contribution < -0.4 is 10.6 Å². The molecule has 0 aliphatic rings. The Morgan fingerprint density at radius 2 is 1.94 bits per heavy atom. The molecule has 0 bridgehead atoms. The molecule has 0 aromatic carbocycles. The van der Waals surface area contributed by atoms with Gasteiger partial charge in [0.15, 0.2) is 0 Å². The minimum absolute atomic E-state index is 0.410. The second-order valence-corrected chi connectivity index (χ2v) is 4.98. The molecular weight excluding hydrogens is 232 g/mol. The van der Waals surface area contributed by atoms with Gasteiger partial charge in [-0.25, -0.2) is 9.97 Å². The first-order valence-corrected chi connectivity index (χ1v) is 7.32. The number of hydrogen-bond donors (Lipinski definition) is 2. The average molecular weight is 254 g/mol. The van der Waals surface area contributed by atoms with Crippen LogP contribution in [0.1, 0.15) is 25.2 Å². The van der Waals surface area contributed by atoms with Crippen molar-refractivity contribution in [2.24, 2.45) is 0 Å². The SMILES string of the molecule is CCc1nc(NC)c(C)c(NC(C)CSC)n1. The Morgan fingerprint density at radius 3 is 2.47 bits per heavy atom. The summed E-state index contributed by atoms with van der Waals surface area (Å²) < 4.78 is 0. The van der Waals surface area contributed by atoms with Crippen LogP contribution in [0.25, 0.3) is 0 Å². The van der Waals surface area contributed by atoms with Crippen LogP contribution in [-0.2, 0) is 6.42 Å². The van der Waals surface area contributed by atoms with Gasteiger partial charge in [0.1, 0.15) is 17.5 Å². The maximum Gasteiger partial charge on any atom is 0.135 e. The number of anilines is 2. The van der Waals surface area contributed by atoms with E-state index in [0.717, 1.165) is 35.2 Å². The van der Waals surface area contributed by atoms with E-state index < -0.39 is 0 Å². The predicted octanol–water partition coefficient (Wildman–Crippen LogP) is 2.55. The number of rotatable bonds is 6. The van der Waals surface area contributed by atoms with Crippen molar-refractivity contribution in [2.45, 2.75) is 33.2 Å². The summed E-state index contributed by atoms with van der Waals surface area (Å²) in [5.41, 5.74) is 1.08. The lowest BCUT2D eigenvalue weighted by Gasteiger charge is -2.17. The summed E-state index contributed by atoms with van der Waals surface area (Å²) in [4.78, 5) is 9.01. The molecule has 0 saturated heterocycles. The first-order chi connectivity index (χ1) is 8.12. The van der Waals surface area contributed by atoms with E-state index in [1.165, 1.54) is 0 Å². The van der Waals surface area contributed by atoms with Gasteiger partial charge in [0.25, 0.3) is 0 Å². The zero-order valence-electron chi connectivity index (χ0n) is 11.3. The topological polar surface area (TPSA) is 49.8 Å². The highest BCUT2D eigenvalue weighted by Crippen LogP contribution is 2.20. The number of aromatic nitrogens is 2. The first kappa shape index (κ1) is 14.1. The molecule has 0 spiro atoms. The standard InChI is InChI=1S/C12H22N4S/c1-6-10-15-11(13-4)9(3)12(16-10)14-8(2)7-17-5/h8H,6-7H2,1-5H3,(H2,13,14,15,16). The molecular formula is C12H22N4S. The average Bonchev–Trinajstić information content (AvgIpc) is 2.32. The number of thioether (sulfide) groups is 1. The normalized spacial score (nSPS) is 12.3. The Kier molecular flexibility index (Phi) is 5.55. The second kappa shape index (κ2) is 6.69. The number of nitrogens with zero attached hydrogens (tertiary/aromatic N) is 2. The predicted molar refractivity (Wildman–Crippen MR) is 77.2 cm³/mol. The molecule has 1 aromatic heterocycles. The summed E-state index contributed by atoms with van der Waals surface area (Å²) in [7, 11) is 1.89. The summed E-state index contributed by atoms with van der Waals surface area (Å²) in [6.07, 6.45) is 2.96. The van der Waals surface area contributed by atoms with Crippen molar-refractivity contribution in [3.8, 4) is 0 Å². The molecule has 96 valence electrons. The van der Waals surface area contributed by atoms with E-state index in [-0.39, 0.29) is 0 Å². The fourth-order valence-electron chi connectivity index (χ4n) is 1.63. The Morgan fingerprint density at radius 1 is 1.29 bits per heavy atom. The van der Waals surface area contributed by atoms with Gasteiger partial charge in [-0.3, -0.25) is 0 Å². The molecule has 0 radical (unpaired) electrons. The summed E-state index contributed by atoms with van der Waals surface area (Å²) in [6.45, 7) is 6.28. The van der Waals surface area contributed by atoms with Gasteiger partial charge in [0.05, 0.1) is 0 Å². The molecule has 4 nitrogen and oxygen atoms in total. The molecule has 1 heterocycles. The van der Waals surface area contributed by atoms with Crippen LogP contribution in [0.3, 0.4) is 0 Å². The molecule has 1 rings (SSSR count). The molecule has 0 saturated carbocycles. The zero-order chi connectivity index (χ0) is 12.8. The third-order valence-electron chi connectivity index (χ3n) is 2.54. The Bertz CT molecular complexity index is 368. The maximum atomic E-state index is 4.55. The molecule has 0 aliphatic carbocycles. The van der Waals surface area contributed by atoms with Gasteiger partial charge >= 0.3 is 0 Å². The maximum absolute atomic E-state index is 4.55. The van der Waals surface area contributed by atoms with Crippen molar-refractivity contribution in [3.05, 3.63) is 11.4 Å². The van der Waals surface area contributed by atoms with Crippen molar-refractivity contribution >= 4 is 23.4 Å². The van der Waals surface area contributed by atoms with E-state index in [2.05, 4.69) is 40.7 Å². The van der Waals surface area contributed by atoms with E-state index in [1.807, 2.05) is 25.7 Å². The lowest BCUT2D eigenvalue weighted by molar-refractivity contribution is 0.872. The van der Waals surface area contributed by atoms with Crippen LogP contribution in [0.15, 0.2) is 0 Å². The monoisotopic (exact) mass is 254 g/mol. The highest BCUT2D eigenvalue weighted by Gasteiger charge is 2.11. The molecule has 17 heavy (non-hydrogen) atoms. The highest BCUT2D eigenvalue weighted by molar-refractivity contribution is 7.98. The van der Waals surface area contributed by atoms with Gasteiger partial charge in [-0.05, 0) is 20.1 Å². The van der Waals surface area contributed by atoms with Gasteiger partial charge in [-0.2, -0.15) is 11.8 Å².